The predicted molar refractivity (Wildman–Crippen MR) is 105 cm³/mol. The van der Waals surface area contributed by atoms with Crippen LogP contribution in [0.2, 0.25) is 0 Å². The van der Waals surface area contributed by atoms with Gasteiger partial charge in [0.15, 0.2) is 11.4 Å². The van der Waals surface area contributed by atoms with Crippen molar-refractivity contribution in [2.45, 2.75) is 43.9 Å². The Hall–Kier alpha value is -3.37. The molecule has 0 aliphatic heterocycles. The number of amides is 1. The first-order chi connectivity index (χ1) is 14.7. The van der Waals surface area contributed by atoms with Crippen LogP contribution in [0.4, 0.5) is 13.2 Å². The highest BCUT2D eigenvalue weighted by molar-refractivity contribution is 5.92. The molecule has 0 radical (unpaired) electrons. The maximum Gasteiger partial charge on any atom is 0.418 e. The van der Waals surface area contributed by atoms with Gasteiger partial charge < -0.3 is 15.0 Å². The van der Waals surface area contributed by atoms with Gasteiger partial charge in [-0.1, -0.05) is 12.8 Å². The first-order valence-corrected chi connectivity index (χ1v) is 9.73. The van der Waals surface area contributed by atoms with E-state index in [0.717, 1.165) is 25.2 Å². The summed E-state index contributed by atoms with van der Waals surface area (Å²) in [7, 11) is 1.33. The van der Waals surface area contributed by atoms with Crippen LogP contribution >= 0.6 is 0 Å². The van der Waals surface area contributed by atoms with Gasteiger partial charge in [0.2, 0.25) is 0 Å². The van der Waals surface area contributed by atoms with Gasteiger partial charge in [-0.2, -0.15) is 18.3 Å². The normalized spacial score (nSPS) is 16.0. The smallest absolute Gasteiger partial charge is 0.418 e. The summed E-state index contributed by atoms with van der Waals surface area (Å²) in [5.41, 5.74) is -2.78. The fraction of sp³-hybridized carbons (Fsp3) is 0.400. The molecule has 164 valence electrons. The number of alkyl halides is 3. The second-order valence-corrected chi connectivity index (χ2v) is 7.69. The number of halogens is 3. The molecule has 3 aromatic heterocycles. The predicted octanol–water partition coefficient (Wildman–Crippen LogP) is 2.65. The summed E-state index contributed by atoms with van der Waals surface area (Å²) >= 11 is 0. The molecule has 1 saturated carbocycles. The summed E-state index contributed by atoms with van der Waals surface area (Å²) in [6.45, 7) is 0.0580. The maximum absolute atomic E-state index is 13.7. The lowest BCUT2D eigenvalue weighted by molar-refractivity contribution is -0.136. The Morgan fingerprint density at radius 2 is 2.00 bits per heavy atom. The maximum atomic E-state index is 13.7. The number of nitrogens with zero attached hydrogens (tertiary/aromatic N) is 4. The van der Waals surface area contributed by atoms with Crippen LogP contribution in [-0.2, 0) is 18.3 Å². The monoisotopic (exact) mass is 435 g/mol. The summed E-state index contributed by atoms with van der Waals surface area (Å²) in [5, 5.41) is 16.4. The Balaban J connectivity index is 1.87. The van der Waals surface area contributed by atoms with Crippen LogP contribution in [0, 0.1) is 0 Å². The van der Waals surface area contributed by atoms with Crippen molar-refractivity contribution >= 4 is 16.9 Å². The second kappa shape index (κ2) is 7.40. The number of aromatic nitrogens is 4. The molecule has 3 aromatic rings. The van der Waals surface area contributed by atoms with E-state index in [1.165, 1.54) is 34.6 Å². The zero-order valence-electron chi connectivity index (χ0n) is 16.6. The van der Waals surface area contributed by atoms with Crippen molar-refractivity contribution in [3.05, 3.63) is 52.2 Å². The summed E-state index contributed by atoms with van der Waals surface area (Å²) in [6, 6.07) is 2.84. The van der Waals surface area contributed by atoms with E-state index in [2.05, 4.69) is 15.4 Å². The van der Waals surface area contributed by atoms with Crippen LogP contribution in [0.25, 0.3) is 11.0 Å². The molecule has 0 bridgehead atoms. The van der Waals surface area contributed by atoms with Gasteiger partial charge in [0, 0.05) is 24.8 Å². The Morgan fingerprint density at radius 3 is 2.65 bits per heavy atom. The summed E-state index contributed by atoms with van der Waals surface area (Å²) in [6.07, 6.45) is 1.72. The van der Waals surface area contributed by atoms with Crippen molar-refractivity contribution in [3.8, 4) is 5.75 Å². The number of nitrogens with one attached hydrogen (secondary N) is 1. The largest absolute Gasteiger partial charge is 0.503 e. The van der Waals surface area contributed by atoms with Crippen LogP contribution < -0.4 is 10.7 Å². The molecule has 11 heteroatoms. The molecule has 4 rings (SSSR count). The zero-order chi connectivity index (χ0) is 22.4. The quantitative estimate of drug-likeness (QED) is 0.656. The van der Waals surface area contributed by atoms with Crippen LogP contribution in [0.15, 0.2) is 35.5 Å². The molecule has 8 nitrogen and oxygen atoms in total. The Labute approximate surface area is 174 Å². The number of rotatable bonds is 4. The molecule has 1 aliphatic rings. The average Bonchev–Trinajstić information content (AvgIpc) is 3.35. The minimum absolute atomic E-state index is 0.00281. The van der Waals surface area contributed by atoms with Crippen LogP contribution in [-0.4, -0.2) is 37.4 Å². The Kier molecular flexibility index (Phi) is 4.98. The minimum Gasteiger partial charge on any atom is -0.503 e. The van der Waals surface area contributed by atoms with Crippen LogP contribution in [0.5, 0.6) is 5.75 Å². The number of hydrogen-bond donors (Lipinski definition) is 2. The van der Waals surface area contributed by atoms with Crippen molar-refractivity contribution in [2.24, 2.45) is 0 Å². The lowest BCUT2D eigenvalue weighted by Crippen LogP contribution is -2.37. The number of carbonyl (C=O) groups is 1. The van der Waals surface area contributed by atoms with Gasteiger partial charge in [-0.15, -0.1) is 0 Å². The van der Waals surface area contributed by atoms with E-state index in [4.69, 9.17) is 0 Å². The molecule has 3 heterocycles. The van der Waals surface area contributed by atoms with Gasteiger partial charge in [0.1, 0.15) is 5.65 Å². The first kappa shape index (κ1) is 20.9. The topological polar surface area (TPSA) is 102 Å². The van der Waals surface area contributed by atoms with Crippen LogP contribution in [0.1, 0.15) is 41.7 Å². The third-order valence-corrected chi connectivity index (χ3v) is 5.76. The second-order valence-electron chi connectivity index (χ2n) is 7.69. The van der Waals surface area contributed by atoms with E-state index in [9.17, 15) is 27.9 Å². The number of pyridine rings is 1. The summed E-state index contributed by atoms with van der Waals surface area (Å²) < 4.78 is 43.8. The SMILES string of the molecule is CNC(=O)c1nn(CC2(n3cc(C(F)(F)F)c4cccnc43)CCCC2)cc(O)c1=O. The van der Waals surface area contributed by atoms with Gasteiger partial charge in [0.05, 0.1) is 23.8 Å². The first-order valence-electron chi connectivity index (χ1n) is 9.73. The van der Waals surface area contributed by atoms with E-state index in [1.54, 1.807) is 0 Å². The van der Waals surface area contributed by atoms with Crippen molar-refractivity contribution in [2.75, 3.05) is 7.05 Å². The number of hydrogen-bond acceptors (Lipinski definition) is 5. The Bertz CT molecular complexity index is 1210. The van der Waals surface area contributed by atoms with Crippen molar-refractivity contribution in [1.29, 1.82) is 0 Å². The highest BCUT2D eigenvalue weighted by Gasteiger charge is 2.42. The lowest BCUT2D eigenvalue weighted by atomic mass is 9.97. The van der Waals surface area contributed by atoms with E-state index < -0.39 is 40.1 Å². The highest BCUT2D eigenvalue weighted by Crippen LogP contribution is 2.43. The molecular formula is C20H20F3N5O3. The fourth-order valence-corrected chi connectivity index (χ4v) is 4.33. The minimum atomic E-state index is -4.55. The molecule has 0 atom stereocenters. The number of carbonyl (C=O) groups excluding carboxylic acids is 1. The molecule has 1 amide bonds. The van der Waals surface area contributed by atoms with Crippen LogP contribution in [0.3, 0.4) is 0 Å². The van der Waals surface area contributed by atoms with Gasteiger partial charge in [0.25, 0.3) is 11.3 Å². The zero-order valence-corrected chi connectivity index (χ0v) is 16.6. The number of aromatic hydroxyl groups is 1. The van der Waals surface area contributed by atoms with Crippen molar-refractivity contribution in [3.63, 3.8) is 0 Å². The molecule has 2 N–H and O–H groups in total. The van der Waals surface area contributed by atoms with E-state index in [-0.39, 0.29) is 17.6 Å². The molecule has 1 fully saturated rings. The van der Waals surface area contributed by atoms with Gasteiger partial charge in [-0.3, -0.25) is 14.3 Å². The average molecular weight is 435 g/mol. The van der Waals surface area contributed by atoms with Gasteiger partial charge in [-0.25, -0.2) is 4.98 Å². The summed E-state index contributed by atoms with van der Waals surface area (Å²) in [5.74, 6) is -1.42. The standard InChI is InChI=1S/C20H20F3N5O3/c1-24-18(31)15-16(30)14(29)10-27(26-15)11-19(6-2-3-7-19)28-9-13(20(21,22)23)12-5-4-8-25-17(12)28/h4-5,8-10,29H,2-3,6-7,11H2,1H3,(H,24,31). The third kappa shape index (κ3) is 3.53. The molecule has 0 spiro atoms. The van der Waals surface area contributed by atoms with E-state index >= 15 is 0 Å². The Morgan fingerprint density at radius 1 is 1.29 bits per heavy atom. The van der Waals surface area contributed by atoms with Gasteiger partial charge >= 0.3 is 6.18 Å². The third-order valence-electron chi connectivity index (χ3n) is 5.76. The van der Waals surface area contributed by atoms with Crippen molar-refractivity contribution in [1.82, 2.24) is 24.6 Å². The molecule has 31 heavy (non-hydrogen) atoms. The number of fused-ring (bicyclic) bond motifs is 1. The fourth-order valence-electron chi connectivity index (χ4n) is 4.33. The molecule has 0 aromatic carbocycles. The van der Waals surface area contributed by atoms with Gasteiger partial charge in [-0.05, 0) is 25.0 Å². The lowest BCUT2D eigenvalue weighted by Gasteiger charge is -2.32. The highest BCUT2D eigenvalue weighted by atomic mass is 19.4. The summed E-state index contributed by atoms with van der Waals surface area (Å²) in [4.78, 5) is 28.3. The molecule has 0 unspecified atom stereocenters. The molecule has 1 aliphatic carbocycles. The van der Waals surface area contributed by atoms with E-state index in [0.29, 0.717) is 12.8 Å². The molecule has 0 saturated heterocycles. The molecular weight excluding hydrogens is 415 g/mol. The van der Waals surface area contributed by atoms with E-state index in [1.807, 2.05) is 0 Å². The van der Waals surface area contributed by atoms with Crippen molar-refractivity contribution < 1.29 is 23.1 Å².